The van der Waals surface area contributed by atoms with E-state index in [9.17, 15) is 19.8 Å². The molecule has 1 heterocycles. The maximum absolute atomic E-state index is 11.9. The largest absolute Gasteiger partial charge is 0.465 e. The molecule has 1 aliphatic heterocycles. The van der Waals surface area contributed by atoms with E-state index in [0.29, 0.717) is 12.3 Å². The first kappa shape index (κ1) is 28.9. The Bertz CT molecular complexity index is 987. The number of rotatable bonds is 12. The molecule has 1 aliphatic rings. The van der Waals surface area contributed by atoms with Gasteiger partial charge in [-0.05, 0) is 23.6 Å². The molecule has 10 heteroatoms. The molecule has 0 bridgehead atoms. The number of esters is 1. The maximum atomic E-state index is 11.9. The molecule has 37 heavy (non-hydrogen) atoms. The van der Waals surface area contributed by atoms with Crippen molar-refractivity contribution in [1.29, 1.82) is 0 Å². The Morgan fingerprint density at radius 2 is 1.65 bits per heavy atom. The Kier molecular flexibility index (Phi) is 11.7. The van der Waals surface area contributed by atoms with Crippen LogP contribution in [0.1, 0.15) is 48.5 Å². The smallest absolute Gasteiger partial charge is 0.325 e. The molecule has 9 nitrogen and oxygen atoms in total. The molecule has 3 rings (SSSR count). The summed E-state index contributed by atoms with van der Waals surface area (Å²) in [5, 5.41) is 23.8. The van der Waals surface area contributed by atoms with Crippen molar-refractivity contribution in [1.82, 2.24) is 10.6 Å². The van der Waals surface area contributed by atoms with Crippen molar-refractivity contribution in [2.24, 2.45) is 5.92 Å². The fraction of sp³-hybridized carbons (Fsp3) is 0.481. The number of aliphatic hydroxyl groups is 2. The molecule has 0 spiro atoms. The van der Waals surface area contributed by atoms with Gasteiger partial charge in [0.1, 0.15) is 6.54 Å². The SMILES string of the molecule is CCOC(=O)CNC(=O)NCc1ccc([C@H]2O[C@@H](CSCCO)[C@@H](C)[C@@H](c3ccc(CO)cc3)O2)cc1. The molecule has 2 aromatic carbocycles. The van der Waals surface area contributed by atoms with Crippen LogP contribution < -0.4 is 10.6 Å². The number of ether oxygens (including phenoxy) is 3. The van der Waals surface area contributed by atoms with Crippen LogP contribution in [0.15, 0.2) is 48.5 Å². The fourth-order valence-corrected chi connectivity index (χ4v) is 4.89. The van der Waals surface area contributed by atoms with Gasteiger partial charge in [-0.25, -0.2) is 4.79 Å². The Hall–Kier alpha value is -2.63. The number of hydrogen-bond acceptors (Lipinski definition) is 8. The molecule has 4 N–H and O–H groups in total. The van der Waals surface area contributed by atoms with E-state index in [0.717, 1.165) is 28.0 Å². The highest BCUT2D eigenvalue weighted by Gasteiger charge is 2.38. The molecule has 0 saturated carbocycles. The highest BCUT2D eigenvalue weighted by Crippen LogP contribution is 2.42. The van der Waals surface area contributed by atoms with Gasteiger partial charge in [-0.1, -0.05) is 55.5 Å². The van der Waals surface area contributed by atoms with Crippen LogP contribution in [0.3, 0.4) is 0 Å². The molecule has 202 valence electrons. The van der Waals surface area contributed by atoms with E-state index < -0.39 is 18.3 Å². The van der Waals surface area contributed by atoms with E-state index in [-0.39, 0.29) is 44.5 Å². The van der Waals surface area contributed by atoms with Crippen LogP contribution in [0.4, 0.5) is 4.79 Å². The minimum Gasteiger partial charge on any atom is -0.465 e. The number of amides is 2. The van der Waals surface area contributed by atoms with Gasteiger partial charge in [0.25, 0.3) is 0 Å². The number of urea groups is 1. The van der Waals surface area contributed by atoms with Gasteiger partial charge >= 0.3 is 12.0 Å². The Morgan fingerprint density at radius 3 is 2.30 bits per heavy atom. The predicted molar refractivity (Wildman–Crippen MR) is 141 cm³/mol. The second-order valence-corrected chi connectivity index (χ2v) is 9.85. The number of thioether (sulfide) groups is 1. The number of hydrogen-bond donors (Lipinski definition) is 4. The Balaban J connectivity index is 1.65. The van der Waals surface area contributed by atoms with Gasteiger partial charge in [0.15, 0.2) is 6.29 Å². The van der Waals surface area contributed by atoms with Gasteiger partial charge in [0, 0.05) is 29.5 Å². The molecule has 2 aromatic rings. The molecular weight excluding hydrogens is 496 g/mol. The molecule has 1 fully saturated rings. The lowest BCUT2D eigenvalue weighted by Crippen LogP contribution is -2.39. The predicted octanol–water partition coefficient (Wildman–Crippen LogP) is 3.06. The van der Waals surface area contributed by atoms with Crippen molar-refractivity contribution in [2.75, 3.05) is 31.3 Å². The van der Waals surface area contributed by atoms with Crippen molar-refractivity contribution >= 4 is 23.8 Å². The zero-order chi connectivity index (χ0) is 26.6. The third-order valence-electron chi connectivity index (χ3n) is 6.04. The van der Waals surface area contributed by atoms with Gasteiger partial charge < -0.3 is 35.1 Å². The summed E-state index contributed by atoms with van der Waals surface area (Å²) in [6.07, 6.45) is -0.855. The lowest BCUT2D eigenvalue weighted by atomic mass is 9.91. The zero-order valence-electron chi connectivity index (χ0n) is 21.2. The molecule has 0 unspecified atom stereocenters. The van der Waals surface area contributed by atoms with Crippen molar-refractivity contribution < 1.29 is 34.0 Å². The molecule has 0 aromatic heterocycles. The summed E-state index contributed by atoms with van der Waals surface area (Å²) in [4.78, 5) is 23.3. The summed E-state index contributed by atoms with van der Waals surface area (Å²) >= 11 is 1.65. The standard InChI is InChI=1S/C27H36N2O7S/c1-3-34-24(32)15-29-27(33)28-14-19-4-10-22(11-5-19)26-35-23(17-37-13-12-30)18(2)25(36-26)21-8-6-20(16-31)7-9-21/h4-11,18,23,25-26,30-31H,3,12-17H2,1-2H3,(H2,28,29,33)/t18-,23+,25+,26+/m1/s1. The van der Waals surface area contributed by atoms with E-state index in [4.69, 9.17) is 14.2 Å². The van der Waals surface area contributed by atoms with Crippen LogP contribution >= 0.6 is 11.8 Å². The number of benzene rings is 2. The minimum atomic E-state index is -0.576. The van der Waals surface area contributed by atoms with E-state index in [1.54, 1.807) is 18.7 Å². The van der Waals surface area contributed by atoms with Crippen LogP contribution in [0.25, 0.3) is 0 Å². The summed E-state index contributed by atoms with van der Waals surface area (Å²) in [5.41, 5.74) is 3.60. The van der Waals surface area contributed by atoms with Gasteiger partial charge in [-0.2, -0.15) is 11.8 Å². The summed E-state index contributed by atoms with van der Waals surface area (Å²) in [7, 11) is 0. The first-order valence-electron chi connectivity index (χ1n) is 12.4. The number of carbonyl (C=O) groups is 2. The molecule has 0 aliphatic carbocycles. The zero-order valence-corrected chi connectivity index (χ0v) is 22.0. The summed E-state index contributed by atoms with van der Waals surface area (Å²) in [6.45, 7) is 4.29. The van der Waals surface area contributed by atoms with Gasteiger partial charge in [0.05, 0.1) is 32.0 Å². The van der Waals surface area contributed by atoms with Crippen LogP contribution in [-0.4, -0.2) is 59.6 Å². The highest BCUT2D eigenvalue weighted by molar-refractivity contribution is 7.99. The summed E-state index contributed by atoms with van der Waals surface area (Å²) in [5.74, 6) is 0.970. The van der Waals surface area contributed by atoms with E-state index in [1.165, 1.54) is 0 Å². The normalized spacial score (nSPS) is 21.3. The Labute approximate surface area is 221 Å². The first-order chi connectivity index (χ1) is 17.9. The molecule has 2 amide bonds. The van der Waals surface area contributed by atoms with Crippen molar-refractivity contribution in [3.63, 3.8) is 0 Å². The lowest BCUT2D eigenvalue weighted by Gasteiger charge is -2.41. The number of aliphatic hydroxyl groups excluding tert-OH is 2. The minimum absolute atomic E-state index is 0.0121. The van der Waals surface area contributed by atoms with Crippen LogP contribution in [0, 0.1) is 5.92 Å². The van der Waals surface area contributed by atoms with Gasteiger partial charge in [-0.15, -0.1) is 0 Å². The topological polar surface area (TPSA) is 126 Å². The summed E-state index contributed by atoms with van der Waals surface area (Å²) in [6, 6.07) is 14.9. The Morgan fingerprint density at radius 1 is 0.973 bits per heavy atom. The second-order valence-electron chi connectivity index (χ2n) is 8.70. The van der Waals surface area contributed by atoms with E-state index in [1.807, 2.05) is 48.5 Å². The molecule has 1 saturated heterocycles. The van der Waals surface area contributed by atoms with Gasteiger partial charge in [-0.3, -0.25) is 4.79 Å². The highest BCUT2D eigenvalue weighted by atomic mass is 32.2. The third-order valence-corrected chi connectivity index (χ3v) is 7.08. The van der Waals surface area contributed by atoms with E-state index >= 15 is 0 Å². The second kappa shape index (κ2) is 14.9. The van der Waals surface area contributed by atoms with Crippen LogP contribution in [0.5, 0.6) is 0 Å². The molecular formula is C27H36N2O7S. The fourth-order valence-electron chi connectivity index (χ4n) is 3.98. The monoisotopic (exact) mass is 532 g/mol. The van der Waals surface area contributed by atoms with Crippen molar-refractivity contribution in [2.45, 2.75) is 45.5 Å². The van der Waals surface area contributed by atoms with Crippen molar-refractivity contribution in [3.8, 4) is 0 Å². The van der Waals surface area contributed by atoms with Crippen LogP contribution in [0.2, 0.25) is 0 Å². The lowest BCUT2D eigenvalue weighted by molar-refractivity contribution is -0.268. The third kappa shape index (κ3) is 8.72. The first-order valence-corrected chi connectivity index (χ1v) is 13.6. The average Bonchev–Trinajstić information content (AvgIpc) is 2.92. The van der Waals surface area contributed by atoms with Crippen LogP contribution in [-0.2, 0) is 32.2 Å². The van der Waals surface area contributed by atoms with Gasteiger partial charge in [0.2, 0.25) is 0 Å². The quantitative estimate of drug-likeness (QED) is 0.243. The van der Waals surface area contributed by atoms with Crippen molar-refractivity contribution in [3.05, 3.63) is 70.8 Å². The number of carbonyl (C=O) groups excluding carboxylic acids is 2. The maximum Gasteiger partial charge on any atom is 0.325 e. The van der Waals surface area contributed by atoms with E-state index in [2.05, 4.69) is 17.6 Å². The summed E-state index contributed by atoms with van der Waals surface area (Å²) < 4.78 is 17.6. The number of nitrogens with one attached hydrogen (secondary N) is 2. The molecule has 4 atom stereocenters. The molecule has 0 radical (unpaired) electrons. The average molecular weight is 533 g/mol.